The zero-order valence-corrected chi connectivity index (χ0v) is 9.56. The third-order valence-electron chi connectivity index (χ3n) is 3.40. The van der Waals surface area contributed by atoms with Crippen molar-refractivity contribution in [1.82, 2.24) is 0 Å². The van der Waals surface area contributed by atoms with E-state index in [1.54, 1.807) is 0 Å². The highest BCUT2D eigenvalue weighted by molar-refractivity contribution is 6.12. The highest BCUT2D eigenvalue weighted by Gasteiger charge is 2.24. The largest absolute Gasteiger partial charge is 0.0651 e. The lowest BCUT2D eigenvalue weighted by atomic mass is 9.80. The molecule has 1 aliphatic rings. The van der Waals surface area contributed by atoms with E-state index in [4.69, 9.17) is 0 Å². The standard InChI is InChI=1S/C9H20Si/c1-3-8-6-4-5-7(2)9(8)10/h7-9H,3-6H2,1-2,10H3. The van der Waals surface area contributed by atoms with Gasteiger partial charge in [0.1, 0.15) is 0 Å². The third-order valence-corrected chi connectivity index (χ3v) is 5.48. The quantitative estimate of drug-likeness (QED) is 0.509. The van der Waals surface area contributed by atoms with E-state index in [0.29, 0.717) is 0 Å². The Labute approximate surface area is 67.8 Å². The maximum atomic E-state index is 2.44. The van der Waals surface area contributed by atoms with Crippen molar-refractivity contribution in [1.29, 1.82) is 0 Å². The van der Waals surface area contributed by atoms with Gasteiger partial charge in [-0.15, -0.1) is 0 Å². The van der Waals surface area contributed by atoms with Gasteiger partial charge in [0.05, 0.1) is 0 Å². The van der Waals surface area contributed by atoms with Crippen LogP contribution in [-0.2, 0) is 0 Å². The summed E-state index contributed by atoms with van der Waals surface area (Å²) in [7, 11) is 1.43. The Morgan fingerprint density at radius 3 is 2.60 bits per heavy atom. The van der Waals surface area contributed by atoms with Gasteiger partial charge in [-0.1, -0.05) is 39.5 Å². The van der Waals surface area contributed by atoms with Gasteiger partial charge in [0.25, 0.3) is 0 Å². The van der Waals surface area contributed by atoms with Crippen molar-refractivity contribution < 1.29 is 0 Å². The molecule has 1 rings (SSSR count). The van der Waals surface area contributed by atoms with Crippen LogP contribution in [0.15, 0.2) is 0 Å². The summed E-state index contributed by atoms with van der Waals surface area (Å²) in [6.45, 7) is 4.80. The Bertz CT molecular complexity index is 101. The van der Waals surface area contributed by atoms with Crippen molar-refractivity contribution >= 4 is 10.2 Å². The molecule has 0 radical (unpaired) electrons. The molecule has 0 aromatic heterocycles. The first-order valence-electron chi connectivity index (χ1n) is 4.75. The SMILES string of the molecule is CCC1CCCC(C)C1[SiH3]. The number of hydrogen-bond donors (Lipinski definition) is 0. The van der Waals surface area contributed by atoms with Crippen LogP contribution in [0.5, 0.6) is 0 Å². The third kappa shape index (κ3) is 1.63. The van der Waals surface area contributed by atoms with E-state index in [0.717, 1.165) is 17.4 Å². The molecule has 0 aliphatic heterocycles. The van der Waals surface area contributed by atoms with Gasteiger partial charge < -0.3 is 0 Å². The monoisotopic (exact) mass is 156 g/mol. The normalized spacial score (nSPS) is 42.0. The summed E-state index contributed by atoms with van der Waals surface area (Å²) < 4.78 is 0. The van der Waals surface area contributed by atoms with Crippen molar-refractivity contribution in [3.63, 3.8) is 0 Å². The summed E-state index contributed by atoms with van der Waals surface area (Å²) in [5.74, 6) is 2.14. The minimum Gasteiger partial charge on any atom is -0.0651 e. The highest BCUT2D eigenvalue weighted by atomic mass is 28.1. The maximum absolute atomic E-state index is 2.44. The highest BCUT2D eigenvalue weighted by Crippen LogP contribution is 2.38. The molecule has 0 bridgehead atoms. The molecule has 1 saturated carbocycles. The molecule has 0 aromatic rings. The summed E-state index contributed by atoms with van der Waals surface area (Å²) in [6.07, 6.45) is 5.95. The predicted molar refractivity (Wildman–Crippen MR) is 50.5 cm³/mol. The van der Waals surface area contributed by atoms with Gasteiger partial charge in [-0.05, 0) is 17.4 Å². The van der Waals surface area contributed by atoms with Crippen LogP contribution >= 0.6 is 0 Å². The predicted octanol–water partition coefficient (Wildman–Crippen LogP) is 1.99. The molecule has 0 nitrogen and oxygen atoms in total. The summed E-state index contributed by atoms with van der Waals surface area (Å²) >= 11 is 0. The van der Waals surface area contributed by atoms with Crippen LogP contribution in [0, 0.1) is 11.8 Å². The Balaban J connectivity index is 2.42. The van der Waals surface area contributed by atoms with Crippen LogP contribution in [0.3, 0.4) is 0 Å². The Morgan fingerprint density at radius 1 is 1.40 bits per heavy atom. The summed E-state index contributed by atoms with van der Waals surface area (Å²) in [6, 6.07) is 0. The average molecular weight is 156 g/mol. The molecule has 0 saturated heterocycles. The molecule has 0 aromatic carbocycles. The lowest BCUT2D eigenvalue weighted by molar-refractivity contribution is 0.278. The summed E-state index contributed by atoms with van der Waals surface area (Å²) in [5, 5.41) is 0. The van der Waals surface area contributed by atoms with Crippen LogP contribution in [0.25, 0.3) is 0 Å². The fourth-order valence-corrected chi connectivity index (χ4v) is 3.41. The zero-order valence-electron chi connectivity index (χ0n) is 7.56. The average Bonchev–Trinajstić information content (AvgIpc) is 1.95. The first-order chi connectivity index (χ1) is 4.75. The van der Waals surface area contributed by atoms with Gasteiger partial charge >= 0.3 is 0 Å². The fourth-order valence-electron chi connectivity index (χ4n) is 2.27. The summed E-state index contributed by atoms with van der Waals surface area (Å²) in [4.78, 5) is 0. The molecular weight excluding hydrogens is 136 g/mol. The fraction of sp³-hybridized carbons (Fsp3) is 1.00. The molecule has 0 amide bonds. The van der Waals surface area contributed by atoms with Crippen molar-refractivity contribution in [3.05, 3.63) is 0 Å². The molecule has 0 spiro atoms. The summed E-state index contributed by atoms with van der Waals surface area (Å²) in [5.41, 5.74) is 1.12. The van der Waals surface area contributed by atoms with E-state index in [1.165, 1.54) is 35.9 Å². The topological polar surface area (TPSA) is 0 Å². The minimum absolute atomic E-state index is 1.05. The molecule has 0 heterocycles. The van der Waals surface area contributed by atoms with Crippen LogP contribution in [-0.4, -0.2) is 10.2 Å². The van der Waals surface area contributed by atoms with E-state index < -0.39 is 0 Å². The smallest absolute Gasteiger partial charge is 0.00742 e. The number of rotatable bonds is 1. The van der Waals surface area contributed by atoms with Crippen molar-refractivity contribution in [2.24, 2.45) is 11.8 Å². The lowest BCUT2D eigenvalue weighted by Gasteiger charge is -2.33. The molecule has 3 unspecified atom stereocenters. The van der Waals surface area contributed by atoms with Gasteiger partial charge in [0.2, 0.25) is 0 Å². The second kappa shape index (κ2) is 3.56. The molecule has 60 valence electrons. The molecule has 3 atom stereocenters. The van der Waals surface area contributed by atoms with Crippen molar-refractivity contribution in [2.75, 3.05) is 0 Å². The van der Waals surface area contributed by atoms with Gasteiger partial charge in [0, 0.05) is 10.2 Å². The number of hydrogen-bond acceptors (Lipinski definition) is 0. The molecular formula is C9H20Si. The maximum Gasteiger partial charge on any atom is 0.00742 e. The zero-order chi connectivity index (χ0) is 7.56. The molecule has 1 fully saturated rings. The minimum atomic E-state index is 1.05. The lowest BCUT2D eigenvalue weighted by Crippen LogP contribution is -2.21. The van der Waals surface area contributed by atoms with Crippen LogP contribution in [0.4, 0.5) is 0 Å². The van der Waals surface area contributed by atoms with Crippen molar-refractivity contribution in [2.45, 2.75) is 45.1 Å². The van der Waals surface area contributed by atoms with Crippen LogP contribution in [0.1, 0.15) is 39.5 Å². The molecule has 1 aliphatic carbocycles. The molecule has 10 heavy (non-hydrogen) atoms. The van der Waals surface area contributed by atoms with Gasteiger partial charge in [-0.25, -0.2) is 0 Å². The Hall–Kier alpha value is 0.217. The van der Waals surface area contributed by atoms with E-state index >= 15 is 0 Å². The Kier molecular flexibility index (Phi) is 2.96. The van der Waals surface area contributed by atoms with Crippen LogP contribution < -0.4 is 0 Å². The second-order valence-electron chi connectivity index (χ2n) is 3.94. The van der Waals surface area contributed by atoms with Gasteiger partial charge in [-0.3, -0.25) is 0 Å². The van der Waals surface area contributed by atoms with E-state index in [-0.39, 0.29) is 0 Å². The van der Waals surface area contributed by atoms with E-state index in [2.05, 4.69) is 13.8 Å². The van der Waals surface area contributed by atoms with Crippen LogP contribution in [0.2, 0.25) is 5.54 Å². The molecule has 1 heteroatoms. The second-order valence-corrected chi connectivity index (χ2v) is 5.27. The van der Waals surface area contributed by atoms with E-state index in [9.17, 15) is 0 Å². The van der Waals surface area contributed by atoms with Crippen molar-refractivity contribution in [3.8, 4) is 0 Å². The first kappa shape index (κ1) is 8.31. The Morgan fingerprint density at radius 2 is 2.10 bits per heavy atom. The first-order valence-corrected chi connectivity index (χ1v) is 5.91. The van der Waals surface area contributed by atoms with E-state index in [1.807, 2.05) is 0 Å². The molecule has 0 N–H and O–H groups in total. The van der Waals surface area contributed by atoms with Gasteiger partial charge in [-0.2, -0.15) is 0 Å². The van der Waals surface area contributed by atoms with Gasteiger partial charge in [0.15, 0.2) is 0 Å².